The molecule has 0 aliphatic rings. The lowest BCUT2D eigenvalue weighted by Crippen LogP contribution is -2.32. The summed E-state index contributed by atoms with van der Waals surface area (Å²) < 4.78 is 4.92. The third kappa shape index (κ3) is 4.06. The van der Waals surface area contributed by atoms with Crippen LogP contribution in [-0.4, -0.2) is 30.6 Å². The first kappa shape index (κ1) is 14.0. The molecule has 0 aliphatic carbocycles. The first-order valence-corrected chi connectivity index (χ1v) is 5.98. The van der Waals surface area contributed by atoms with Gasteiger partial charge in [0.1, 0.15) is 12.4 Å². The zero-order valence-corrected chi connectivity index (χ0v) is 10.7. The van der Waals surface area contributed by atoms with E-state index in [1.807, 2.05) is 11.8 Å². The molecule has 0 N–H and O–H groups in total. The maximum absolute atomic E-state index is 11.5. The normalized spacial score (nSPS) is 9.61. The van der Waals surface area contributed by atoms with E-state index in [4.69, 9.17) is 10.00 Å². The molecule has 0 aliphatic heterocycles. The van der Waals surface area contributed by atoms with Crippen molar-refractivity contribution in [3.63, 3.8) is 0 Å². The monoisotopic (exact) mass is 247 g/mol. The Labute approximate surface area is 107 Å². The van der Waals surface area contributed by atoms with Gasteiger partial charge in [-0.15, -0.1) is 0 Å². The fourth-order valence-corrected chi connectivity index (χ4v) is 1.57. The molecule has 0 bridgehead atoms. The van der Waals surface area contributed by atoms with Crippen LogP contribution in [0, 0.1) is 11.3 Å². The molecular formula is C13H17N3O2. The van der Waals surface area contributed by atoms with Gasteiger partial charge in [0.25, 0.3) is 0 Å². The molecule has 96 valence electrons. The van der Waals surface area contributed by atoms with Crippen LogP contribution in [0.4, 0.5) is 5.82 Å². The highest BCUT2D eigenvalue weighted by atomic mass is 16.5. The molecule has 0 radical (unpaired) electrons. The predicted octanol–water partition coefficient (Wildman–Crippen LogP) is 1.73. The second-order valence-electron chi connectivity index (χ2n) is 3.74. The largest absolute Gasteiger partial charge is 0.465 e. The molecule has 1 heterocycles. The van der Waals surface area contributed by atoms with E-state index >= 15 is 0 Å². The van der Waals surface area contributed by atoms with Crippen molar-refractivity contribution in [2.75, 3.05) is 24.6 Å². The van der Waals surface area contributed by atoms with Crippen molar-refractivity contribution < 1.29 is 9.53 Å². The van der Waals surface area contributed by atoms with E-state index in [2.05, 4.69) is 11.1 Å². The van der Waals surface area contributed by atoms with Gasteiger partial charge in [0.05, 0.1) is 18.2 Å². The molecule has 5 heteroatoms. The van der Waals surface area contributed by atoms with E-state index in [-0.39, 0.29) is 12.5 Å². The Kier molecular flexibility index (Phi) is 5.65. The number of ether oxygens (including phenoxy) is 1. The third-order valence-electron chi connectivity index (χ3n) is 2.32. The molecule has 18 heavy (non-hydrogen) atoms. The van der Waals surface area contributed by atoms with Gasteiger partial charge in [-0.1, -0.05) is 6.92 Å². The Hall–Kier alpha value is -2.09. The first-order valence-electron chi connectivity index (χ1n) is 5.98. The molecule has 0 fully saturated rings. The molecular weight excluding hydrogens is 230 g/mol. The molecule has 0 atom stereocenters. The fourth-order valence-electron chi connectivity index (χ4n) is 1.57. The number of hydrogen-bond acceptors (Lipinski definition) is 5. The van der Waals surface area contributed by atoms with Crippen molar-refractivity contribution in [2.24, 2.45) is 0 Å². The summed E-state index contributed by atoms with van der Waals surface area (Å²) in [6.07, 6.45) is 2.46. The van der Waals surface area contributed by atoms with E-state index in [1.165, 1.54) is 0 Å². The number of nitrogens with zero attached hydrogens (tertiary/aromatic N) is 3. The van der Waals surface area contributed by atoms with Crippen LogP contribution in [0.25, 0.3) is 0 Å². The van der Waals surface area contributed by atoms with Crippen LogP contribution in [0.1, 0.15) is 25.8 Å². The standard InChI is InChI=1S/C13H17N3O2/c1-3-7-16(10-13(17)18-4-2)12-8-11(9-14)5-6-15-12/h5-6,8H,3-4,7,10H2,1-2H3. The van der Waals surface area contributed by atoms with Gasteiger partial charge in [0, 0.05) is 12.7 Å². The van der Waals surface area contributed by atoms with Crippen molar-refractivity contribution in [1.29, 1.82) is 5.26 Å². The van der Waals surface area contributed by atoms with Crippen molar-refractivity contribution in [2.45, 2.75) is 20.3 Å². The SMILES string of the molecule is CCCN(CC(=O)OCC)c1cc(C#N)ccn1. The Morgan fingerprint density at radius 3 is 2.94 bits per heavy atom. The zero-order chi connectivity index (χ0) is 13.4. The number of nitriles is 1. The molecule has 0 saturated heterocycles. The molecule has 0 saturated carbocycles. The Bertz CT molecular complexity index is 440. The smallest absolute Gasteiger partial charge is 0.325 e. The zero-order valence-electron chi connectivity index (χ0n) is 10.7. The molecule has 0 aromatic carbocycles. The highest BCUT2D eigenvalue weighted by Crippen LogP contribution is 2.12. The van der Waals surface area contributed by atoms with Gasteiger partial charge >= 0.3 is 5.97 Å². The van der Waals surface area contributed by atoms with Crippen LogP contribution >= 0.6 is 0 Å². The number of hydrogen-bond donors (Lipinski definition) is 0. The second-order valence-corrected chi connectivity index (χ2v) is 3.74. The van der Waals surface area contributed by atoms with Crippen molar-refractivity contribution in [3.05, 3.63) is 23.9 Å². The molecule has 0 amide bonds. The minimum absolute atomic E-state index is 0.156. The summed E-state index contributed by atoms with van der Waals surface area (Å²) in [5.41, 5.74) is 0.532. The molecule has 1 aromatic rings. The topological polar surface area (TPSA) is 66.2 Å². The summed E-state index contributed by atoms with van der Waals surface area (Å²) in [7, 11) is 0. The summed E-state index contributed by atoms with van der Waals surface area (Å²) in [6, 6.07) is 5.37. The van der Waals surface area contributed by atoms with Gasteiger partial charge in [-0.05, 0) is 25.5 Å². The summed E-state index contributed by atoms with van der Waals surface area (Å²) in [5.74, 6) is 0.346. The number of carbonyl (C=O) groups excluding carboxylic acids is 1. The lowest BCUT2D eigenvalue weighted by atomic mass is 10.2. The van der Waals surface area contributed by atoms with Crippen LogP contribution in [0.3, 0.4) is 0 Å². The van der Waals surface area contributed by atoms with E-state index in [1.54, 1.807) is 25.3 Å². The third-order valence-corrected chi connectivity index (χ3v) is 2.32. The van der Waals surface area contributed by atoms with Crippen molar-refractivity contribution in [1.82, 2.24) is 4.98 Å². The van der Waals surface area contributed by atoms with E-state index in [0.717, 1.165) is 6.42 Å². The van der Waals surface area contributed by atoms with Crippen LogP contribution in [0.5, 0.6) is 0 Å². The van der Waals surface area contributed by atoms with E-state index < -0.39 is 0 Å². The highest BCUT2D eigenvalue weighted by molar-refractivity contribution is 5.75. The summed E-state index contributed by atoms with van der Waals surface area (Å²) in [4.78, 5) is 17.5. The maximum Gasteiger partial charge on any atom is 0.325 e. The Morgan fingerprint density at radius 1 is 1.56 bits per heavy atom. The predicted molar refractivity (Wildman–Crippen MR) is 68.1 cm³/mol. The lowest BCUT2D eigenvalue weighted by molar-refractivity contribution is -0.141. The quantitative estimate of drug-likeness (QED) is 0.716. The second kappa shape index (κ2) is 7.28. The molecule has 0 unspecified atom stereocenters. The molecule has 5 nitrogen and oxygen atoms in total. The van der Waals surface area contributed by atoms with Gasteiger partial charge in [-0.25, -0.2) is 4.98 Å². The first-order chi connectivity index (χ1) is 8.71. The van der Waals surface area contributed by atoms with Gasteiger partial charge in [-0.2, -0.15) is 5.26 Å². The average Bonchev–Trinajstić information content (AvgIpc) is 2.38. The summed E-state index contributed by atoms with van der Waals surface area (Å²) in [6.45, 7) is 5.01. The summed E-state index contributed by atoms with van der Waals surface area (Å²) >= 11 is 0. The van der Waals surface area contributed by atoms with Gasteiger partial charge < -0.3 is 9.64 Å². The number of pyridine rings is 1. The molecule has 1 rings (SSSR count). The minimum Gasteiger partial charge on any atom is -0.465 e. The Balaban J connectivity index is 2.83. The van der Waals surface area contributed by atoms with E-state index in [0.29, 0.717) is 24.5 Å². The van der Waals surface area contributed by atoms with E-state index in [9.17, 15) is 4.79 Å². The van der Waals surface area contributed by atoms with Crippen molar-refractivity contribution in [3.8, 4) is 6.07 Å². The van der Waals surface area contributed by atoms with Crippen LogP contribution in [-0.2, 0) is 9.53 Å². The van der Waals surface area contributed by atoms with Crippen LogP contribution in [0.15, 0.2) is 18.3 Å². The van der Waals surface area contributed by atoms with Gasteiger partial charge in [0.15, 0.2) is 0 Å². The van der Waals surface area contributed by atoms with Crippen molar-refractivity contribution >= 4 is 11.8 Å². The average molecular weight is 247 g/mol. The van der Waals surface area contributed by atoms with Crippen LogP contribution < -0.4 is 4.90 Å². The van der Waals surface area contributed by atoms with Gasteiger partial charge in [0.2, 0.25) is 0 Å². The van der Waals surface area contributed by atoms with Crippen LogP contribution in [0.2, 0.25) is 0 Å². The molecule has 1 aromatic heterocycles. The number of carbonyl (C=O) groups is 1. The Morgan fingerprint density at radius 2 is 2.33 bits per heavy atom. The number of esters is 1. The number of aromatic nitrogens is 1. The maximum atomic E-state index is 11.5. The highest BCUT2D eigenvalue weighted by Gasteiger charge is 2.13. The summed E-state index contributed by atoms with van der Waals surface area (Å²) in [5, 5.41) is 8.85. The van der Waals surface area contributed by atoms with Gasteiger partial charge in [-0.3, -0.25) is 4.79 Å². The fraction of sp³-hybridized carbons (Fsp3) is 0.462. The number of anilines is 1. The minimum atomic E-state index is -0.282. The molecule has 0 spiro atoms. The number of rotatable bonds is 6. The lowest BCUT2D eigenvalue weighted by Gasteiger charge is -2.21.